The van der Waals surface area contributed by atoms with E-state index in [1.165, 1.54) is 0 Å². The van der Waals surface area contributed by atoms with E-state index < -0.39 is 5.60 Å². The van der Waals surface area contributed by atoms with Gasteiger partial charge >= 0.3 is 0 Å². The zero-order chi connectivity index (χ0) is 10.2. The quantitative estimate of drug-likeness (QED) is 0.756. The van der Waals surface area contributed by atoms with Crippen molar-refractivity contribution in [2.45, 2.75) is 12.0 Å². The molecule has 0 aliphatic carbocycles. The predicted octanol–water partition coefficient (Wildman–Crippen LogP) is 1.27. The fourth-order valence-electron chi connectivity index (χ4n) is 1.46. The minimum absolute atomic E-state index is 0.373. The molecule has 1 aromatic heterocycles. The summed E-state index contributed by atoms with van der Waals surface area (Å²) in [4.78, 5) is 3.93. The Kier molecular flexibility index (Phi) is 2.66. The van der Waals surface area contributed by atoms with Crippen molar-refractivity contribution in [1.82, 2.24) is 10.3 Å². The molecule has 5 heteroatoms. The van der Waals surface area contributed by atoms with Crippen LogP contribution in [0.1, 0.15) is 5.56 Å². The van der Waals surface area contributed by atoms with E-state index in [2.05, 4.69) is 10.3 Å². The molecule has 14 heavy (non-hydrogen) atoms. The van der Waals surface area contributed by atoms with Gasteiger partial charge in [0.2, 0.25) is 0 Å². The van der Waals surface area contributed by atoms with Crippen LogP contribution in [-0.4, -0.2) is 28.8 Å². The van der Waals surface area contributed by atoms with Gasteiger partial charge in [-0.2, -0.15) is 0 Å². The average molecular weight is 233 g/mol. The summed E-state index contributed by atoms with van der Waals surface area (Å²) in [5.74, 6) is 0. The summed E-state index contributed by atoms with van der Waals surface area (Å²) in [5, 5.41) is 13.8. The summed E-state index contributed by atoms with van der Waals surface area (Å²) in [7, 11) is 0. The molecule has 0 aromatic carbocycles. The molecule has 0 amide bonds. The van der Waals surface area contributed by atoms with E-state index in [0.717, 1.165) is 5.56 Å². The van der Waals surface area contributed by atoms with Crippen LogP contribution in [0.3, 0.4) is 0 Å². The van der Waals surface area contributed by atoms with Gasteiger partial charge in [0.05, 0.1) is 5.60 Å². The molecule has 1 aliphatic heterocycles. The van der Waals surface area contributed by atoms with Crippen LogP contribution in [0.2, 0.25) is 10.2 Å². The largest absolute Gasteiger partial charge is 0.387 e. The van der Waals surface area contributed by atoms with Gasteiger partial charge in [0.25, 0.3) is 0 Å². The van der Waals surface area contributed by atoms with Crippen molar-refractivity contribution < 1.29 is 5.11 Å². The van der Waals surface area contributed by atoms with Crippen molar-refractivity contribution in [3.63, 3.8) is 0 Å². The highest BCUT2D eigenvalue weighted by atomic mass is 35.5. The lowest BCUT2D eigenvalue weighted by Crippen LogP contribution is -2.60. The smallest absolute Gasteiger partial charge is 0.130 e. The molecule has 2 rings (SSSR count). The molecule has 2 N–H and O–H groups in total. The Morgan fingerprint density at radius 1 is 1.50 bits per heavy atom. The summed E-state index contributed by atoms with van der Waals surface area (Å²) in [6, 6.07) is 1.59. The zero-order valence-electron chi connectivity index (χ0n) is 7.43. The molecule has 0 saturated carbocycles. The van der Waals surface area contributed by atoms with Gasteiger partial charge in [-0.25, -0.2) is 4.98 Å². The number of nitrogens with zero attached hydrogens (tertiary/aromatic N) is 1. The molecule has 1 aliphatic rings. The standard InChI is InChI=1S/C9H10Cl2N2O/c10-7-1-8(11)13-3-6(7)2-9(14)4-12-5-9/h1,3,12,14H,2,4-5H2. The second-order valence-corrected chi connectivity index (χ2v) is 4.40. The normalized spacial score (nSPS) is 19.1. The maximum Gasteiger partial charge on any atom is 0.130 e. The third kappa shape index (κ3) is 2.01. The van der Waals surface area contributed by atoms with Crippen molar-refractivity contribution >= 4 is 23.2 Å². The molecule has 3 nitrogen and oxygen atoms in total. The number of β-amino-alcohol motifs (C(OH)–C–C–N with tert-alkyl or cyclic N) is 1. The van der Waals surface area contributed by atoms with Crippen molar-refractivity contribution in [2.75, 3.05) is 13.1 Å². The number of hydrogen-bond acceptors (Lipinski definition) is 3. The van der Waals surface area contributed by atoms with Crippen LogP contribution in [0.4, 0.5) is 0 Å². The first-order chi connectivity index (χ1) is 6.59. The highest BCUT2D eigenvalue weighted by Crippen LogP contribution is 2.24. The Morgan fingerprint density at radius 2 is 2.21 bits per heavy atom. The molecule has 1 aromatic rings. The van der Waals surface area contributed by atoms with Crippen molar-refractivity contribution in [3.8, 4) is 0 Å². The van der Waals surface area contributed by atoms with Crippen molar-refractivity contribution in [2.24, 2.45) is 0 Å². The molecule has 2 heterocycles. The number of aliphatic hydroxyl groups is 1. The van der Waals surface area contributed by atoms with Gasteiger partial charge in [0, 0.05) is 30.7 Å². The zero-order valence-corrected chi connectivity index (χ0v) is 8.94. The highest BCUT2D eigenvalue weighted by molar-refractivity contribution is 6.34. The molecule has 0 bridgehead atoms. The van der Waals surface area contributed by atoms with Gasteiger partial charge in [-0.1, -0.05) is 23.2 Å². The van der Waals surface area contributed by atoms with Crippen LogP contribution in [0, 0.1) is 0 Å². The number of pyridine rings is 1. The molecular formula is C9H10Cl2N2O. The van der Waals surface area contributed by atoms with Crippen molar-refractivity contribution in [1.29, 1.82) is 0 Å². The van der Waals surface area contributed by atoms with E-state index in [0.29, 0.717) is 29.7 Å². The molecule has 1 saturated heterocycles. The number of nitrogens with one attached hydrogen (secondary N) is 1. The second kappa shape index (κ2) is 3.66. The van der Waals surface area contributed by atoms with Crippen LogP contribution in [0.25, 0.3) is 0 Å². The van der Waals surface area contributed by atoms with Gasteiger partial charge in [0.1, 0.15) is 5.15 Å². The minimum atomic E-state index is -0.668. The first kappa shape index (κ1) is 10.2. The van der Waals surface area contributed by atoms with Crippen LogP contribution in [0.5, 0.6) is 0 Å². The fraction of sp³-hybridized carbons (Fsp3) is 0.444. The Hall–Kier alpha value is -0.350. The van der Waals surface area contributed by atoms with Crippen LogP contribution in [0.15, 0.2) is 12.3 Å². The fourth-order valence-corrected chi connectivity index (χ4v) is 1.89. The molecule has 0 unspecified atom stereocenters. The third-order valence-corrected chi connectivity index (χ3v) is 2.88. The van der Waals surface area contributed by atoms with Gasteiger partial charge in [-0.3, -0.25) is 0 Å². The molecule has 0 atom stereocenters. The van der Waals surface area contributed by atoms with Crippen molar-refractivity contribution in [3.05, 3.63) is 28.0 Å². The lowest BCUT2D eigenvalue weighted by Gasteiger charge is -2.37. The minimum Gasteiger partial charge on any atom is -0.387 e. The predicted molar refractivity (Wildman–Crippen MR) is 55.8 cm³/mol. The average Bonchev–Trinajstić information content (AvgIpc) is 2.07. The Morgan fingerprint density at radius 3 is 2.71 bits per heavy atom. The monoisotopic (exact) mass is 232 g/mol. The van der Waals surface area contributed by atoms with Crippen LogP contribution in [-0.2, 0) is 6.42 Å². The van der Waals surface area contributed by atoms with E-state index in [1.807, 2.05) is 0 Å². The van der Waals surface area contributed by atoms with Gasteiger partial charge < -0.3 is 10.4 Å². The maximum absolute atomic E-state index is 9.88. The van der Waals surface area contributed by atoms with E-state index >= 15 is 0 Å². The first-order valence-electron chi connectivity index (χ1n) is 4.32. The number of rotatable bonds is 2. The van der Waals surface area contributed by atoms with E-state index in [1.54, 1.807) is 12.3 Å². The summed E-state index contributed by atoms with van der Waals surface area (Å²) in [5.41, 5.74) is 0.166. The second-order valence-electron chi connectivity index (χ2n) is 3.60. The summed E-state index contributed by atoms with van der Waals surface area (Å²) in [6.07, 6.45) is 2.13. The van der Waals surface area contributed by atoms with Crippen LogP contribution < -0.4 is 5.32 Å². The van der Waals surface area contributed by atoms with Gasteiger partial charge in [-0.05, 0) is 11.6 Å². The molecular weight excluding hydrogens is 223 g/mol. The lowest BCUT2D eigenvalue weighted by molar-refractivity contribution is -0.00906. The van der Waals surface area contributed by atoms with E-state index in [4.69, 9.17) is 23.2 Å². The third-order valence-electron chi connectivity index (χ3n) is 2.32. The number of halogens is 2. The Bertz CT molecular complexity index is 353. The van der Waals surface area contributed by atoms with Gasteiger partial charge in [-0.15, -0.1) is 0 Å². The van der Waals surface area contributed by atoms with E-state index in [9.17, 15) is 5.11 Å². The SMILES string of the molecule is OC1(Cc2cnc(Cl)cc2Cl)CNC1. The Labute approximate surface area is 92.1 Å². The topological polar surface area (TPSA) is 45.2 Å². The number of hydrogen-bond donors (Lipinski definition) is 2. The van der Waals surface area contributed by atoms with Gasteiger partial charge in [0.15, 0.2) is 0 Å². The molecule has 0 spiro atoms. The highest BCUT2D eigenvalue weighted by Gasteiger charge is 2.34. The Balaban J connectivity index is 2.16. The van der Waals surface area contributed by atoms with Crippen LogP contribution >= 0.6 is 23.2 Å². The van der Waals surface area contributed by atoms with E-state index in [-0.39, 0.29) is 0 Å². The molecule has 0 radical (unpaired) electrons. The summed E-state index contributed by atoms with van der Waals surface area (Å²) >= 11 is 11.6. The maximum atomic E-state index is 9.88. The summed E-state index contributed by atoms with van der Waals surface area (Å²) < 4.78 is 0. The summed E-state index contributed by atoms with van der Waals surface area (Å²) in [6.45, 7) is 1.21. The molecule has 76 valence electrons. The molecule has 1 fully saturated rings. The first-order valence-corrected chi connectivity index (χ1v) is 5.08. The number of aromatic nitrogens is 1. The lowest BCUT2D eigenvalue weighted by atomic mass is 9.90.